The summed E-state index contributed by atoms with van der Waals surface area (Å²) in [4.78, 5) is 12.8. The van der Waals surface area contributed by atoms with Crippen molar-refractivity contribution in [2.75, 3.05) is 18.1 Å². The van der Waals surface area contributed by atoms with Crippen LogP contribution < -0.4 is 4.90 Å². The van der Waals surface area contributed by atoms with Crippen LogP contribution in [0.15, 0.2) is 24.3 Å². The molecular weight excluding hydrogens is 211 g/mol. The molecule has 0 N–H and O–H groups in total. The molecule has 16 heavy (non-hydrogen) atoms. The van der Waals surface area contributed by atoms with Crippen molar-refractivity contribution in [1.29, 1.82) is 5.26 Å². The highest BCUT2D eigenvalue weighted by Gasteiger charge is 2.28. The maximum absolute atomic E-state index is 13.5. The molecule has 1 amide bonds. The van der Waals surface area contributed by atoms with E-state index in [1.165, 1.54) is 17.0 Å². The normalized spacial score (nSPS) is 20.6. The van der Waals surface area contributed by atoms with Crippen molar-refractivity contribution in [2.45, 2.75) is 6.10 Å². The molecule has 2 rings (SSSR count). The molecule has 1 aliphatic heterocycles. The number of benzene rings is 1. The molecule has 1 aromatic carbocycles. The maximum atomic E-state index is 13.5. The first-order valence-electron chi connectivity index (χ1n) is 4.78. The Morgan fingerprint density at radius 1 is 1.50 bits per heavy atom. The molecule has 1 unspecified atom stereocenters. The molecule has 1 saturated heterocycles. The van der Waals surface area contributed by atoms with Gasteiger partial charge in [0.25, 0.3) is 5.91 Å². The lowest BCUT2D eigenvalue weighted by molar-refractivity contribution is -0.127. The van der Waals surface area contributed by atoms with E-state index >= 15 is 0 Å². The topological polar surface area (TPSA) is 53.3 Å². The molecule has 82 valence electrons. The van der Waals surface area contributed by atoms with Crippen molar-refractivity contribution in [3.63, 3.8) is 0 Å². The highest BCUT2D eigenvalue weighted by molar-refractivity contribution is 5.95. The summed E-state index contributed by atoms with van der Waals surface area (Å²) >= 11 is 0. The van der Waals surface area contributed by atoms with Crippen LogP contribution in [0.1, 0.15) is 0 Å². The molecule has 1 heterocycles. The molecular formula is C11H9FN2O2. The van der Waals surface area contributed by atoms with Gasteiger partial charge in [0.05, 0.1) is 18.3 Å². The van der Waals surface area contributed by atoms with Crippen LogP contribution in [0.25, 0.3) is 0 Å². The standard InChI is InChI=1S/C11H9FN2O2/c12-9-3-1-2-4-10(9)14-6-8(5-13)16-7-11(14)15/h1-4,8H,6-7H2. The molecule has 1 aromatic rings. The van der Waals surface area contributed by atoms with Crippen LogP contribution in [0.4, 0.5) is 10.1 Å². The summed E-state index contributed by atoms with van der Waals surface area (Å²) in [6.07, 6.45) is -0.697. The van der Waals surface area contributed by atoms with Gasteiger partial charge in [-0.1, -0.05) is 12.1 Å². The average molecular weight is 220 g/mol. The van der Waals surface area contributed by atoms with Gasteiger partial charge in [-0.05, 0) is 12.1 Å². The number of nitrogens with zero attached hydrogens (tertiary/aromatic N) is 2. The van der Waals surface area contributed by atoms with Gasteiger partial charge in [-0.15, -0.1) is 0 Å². The summed E-state index contributed by atoms with van der Waals surface area (Å²) in [6, 6.07) is 7.88. The molecule has 0 aliphatic carbocycles. The third kappa shape index (κ3) is 1.88. The van der Waals surface area contributed by atoms with Gasteiger partial charge in [0.2, 0.25) is 0 Å². The van der Waals surface area contributed by atoms with Crippen molar-refractivity contribution < 1.29 is 13.9 Å². The molecule has 5 heteroatoms. The molecule has 0 radical (unpaired) electrons. The van der Waals surface area contributed by atoms with E-state index < -0.39 is 11.9 Å². The number of morpholine rings is 1. The van der Waals surface area contributed by atoms with Crippen LogP contribution in [0.5, 0.6) is 0 Å². The highest BCUT2D eigenvalue weighted by Crippen LogP contribution is 2.21. The van der Waals surface area contributed by atoms with Gasteiger partial charge in [-0.2, -0.15) is 5.26 Å². The minimum atomic E-state index is -0.697. The van der Waals surface area contributed by atoms with Crippen LogP contribution in [0.3, 0.4) is 0 Å². The molecule has 0 spiro atoms. The zero-order valence-electron chi connectivity index (χ0n) is 8.39. The average Bonchev–Trinajstić information content (AvgIpc) is 2.31. The first kappa shape index (κ1) is 10.6. The Hall–Kier alpha value is -1.93. The van der Waals surface area contributed by atoms with Crippen LogP contribution >= 0.6 is 0 Å². The fourth-order valence-corrected chi connectivity index (χ4v) is 1.55. The van der Waals surface area contributed by atoms with E-state index in [1.807, 2.05) is 6.07 Å². The van der Waals surface area contributed by atoms with Crippen LogP contribution in [0, 0.1) is 17.1 Å². The van der Waals surface area contributed by atoms with E-state index in [4.69, 9.17) is 10.00 Å². The Labute approximate surface area is 91.8 Å². The SMILES string of the molecule is N#CC1CN(c2ccccc2F)C(=O)CO1. The zero-order valence-corrected chi connectivity index (χ0v) is 8.39. The number of rotatable bonds is 1. The van der Waals surface area contributed by atoms with Crippen molar-refractivity contribution >= 4 is 11.6 Å². The van der Waals surface area contributed by atoms with Gasteiger partial charge in [0.15, 0.2) is 6.10 Å². The van der Waals surface area contributed by atoms with E-state index in [9.17, 15) is 9.18 Å². The summed E-state index contributed by atoms with van der Waals surface area (Å²) < 4.78 is 18.4. The summed E-state index contributed by atoms with van der Waals surface area (Å²) in [5.74, 6) is -0.814. The Balaban J connectivity index is 2.29. The van der Waals surface area contributed by atoms with Crippen molar-refractivity contribution in [3.8, 4) is 6.07 Å². The van der Waals surface area contributed by atoms with Gasteiger partial charge in [0, 0.05) is 0 Å². The predicted molar refractivity (Wildman–Crippen MR) is 54.1 cm³/mol. The number of para-hydroxylation sites is 1. The van der Waals surface area contributed by atoms with Gasteiger partial charge < -0.3 is 9.64 Å². The summed E-state index contributed by atoms with van der Waals surface area (Å²) in [7, 11) is 0. The second-order valence-corrected chi connectivity index (χ2v) is 3.38. The molecule has 1 aliphatic rings. The van der Waals surface area contributed by atoms with Crippen LogP contribution in [-0.4, -0.2) is 25.2 Å². The number of carbonyl (C=O) groups is 1. The molecule has 0 bridgehead atoms. The van der Waals surface area contributed by atoms with Crippen LogP contribution in [-0.2, 0) is 9.53 Å². The van der Waals surface area contributed by atoms with E-state index in [0.717, 1.165) is 0 Å². The highest BCUT2D eigenvalue weighted by atomic mass is 19.1. The number of ether oxygens (including phenoxy) is 1. The lowest BCUT2D eigenvalue weighted by Crippen LogP contribution is -2.46. The van der Waals surface area contributed by atoms with Crippen molar-refractivity contribution in [1.82, 2.24) is 0 Å². The monoisotopic (exact) mass is 220 g/mol. The lowest BCUT2D eigenvalue weighted by atomic mass is 10.2. The molecule has 0 aromatic heterocycles. The summed E-state index contributed by atoms with van der Waals surface area (Å²) in [5.41, 5.74) is 0.191. The first-order chi connectivity index (χ1) is 7.72. The van der Waals surface area contributed by atoms with Gasteiger partial charge >= 0.3 is 0 Å². The molecule has 4 nitrogen and oxygen atoms in total. The number of hydrogen-bond acceptors (Lipinski definition) is 3. The fraction of sp³-hybridized carbons (Fsp3) is 0.273. The molecule has 1 fully saturated rings. The van der Waals surface area contributed by atoms with E-state index in [2.05, 4.69) is 0 Å². The number of amides is 1. The van der Waals surface area contributed by atoms with Crippen LogP contribution in [0.2, 0.25) is 0 Å². The summed E-state index contributed by atoms with van der Waals surface area (Å²) in [5, 5.41) is 8.70. The molecule has 0 saturated carbocycles. The Kier molecular flexibility index (Phi) is 2.84. The van der Waals surface area contributed by atoms with Gasteiger partial charge in [0.1, 0.15) is 12.4 Å². The van der Waals surface area contributed by atoms with E-state index in [0.29, 0.717) is 0 Å². The zero-order chi connectivity index (χ0) is 11.5. The number of halogens is 1. The number of hydrogen-bond donors (Lipinski definition) is 0. The second-order valence-electron chi connectivity index (χ2n) is 3.38. The van der Waals surface area contributed by atoms with Crippen molar-refractivity contribution in [2.24, 2.45) is 0 Å². The lowest BCUT2D eigenvalue weighted by Gasteiger charge is -2.29. The quantitative estimate of drug-likeness (QED) is 0.711. The van der Waals surface area contributed by atoms with E-state index in [-0.39, 0.29) is 24.7 Å². The largest absolute Gasteiger partial charge is 0.352 e. The first-order valence-corrected chi connectivity index (χ1v) is 4.78. The third-order valence-corrected chi connectivity index (χ3v) is 2.34. The minimum absolute atomic E-state index is 0.0657. The Bertz CT molecular complexity index is 456. The van der Waals surface area contributed by atoms with E-state index in [1.54, 1.807) is 12.1 Å². The fourth-order valence-electron chi connectivity index (χ4n) is 1.55. The smallest absolute Gasteiger partial charge is 0.253 e. The van der Waals surface area contributed by atoms with Crippen molar-refractivity contribution in [3.05, 3.63) is 30.1 Å². The maximum Gasteiger partial charge on any atom is 0.253 e. The van der Waals surface area contributed by atoms with Gasteiger partial charge in [-0.25, -0.2) is 4.39 Å². The Morgan fingerprint density at radius 3 is 2.94 bits per heavy atom. The predicted octanol–water partition coefficient (Wildman–Crippen LogP) is 1.08. The third-order valence-electron chi connectivity index (χ3n) is 2.34. The number of nitriles is 1. The minimum Gasteiger partial charge on any atom is -0.352 e. The molecule has 1 atom stereocenters. The second kappa shape index (κ2) is 4.29. The summed E-state index contributed by atoms with van der Waals surface area (Å²) in [6.45, 7) is -0.122. The Morgan fingerprint density at radius 2 is 2.25 bits per heavy atom. The number of anilines is 1. The van der Waals surface area contributed by atoms with Gasteiger partial charge in [-0.3, -0.25) is 4.79 Å². The number of carbonyl (C=O) groups excluding carboxylic acids is 1.